The molecule has 2 heterocycles. The molecule has 2 fully saturated rings. The van der Waals surface area contributed by atoms with Gasteiger partial charge in [0.1, 0.15) is 5.75 Å². The Bertz CT molecular complexity index is 1180. The van der Waals surface area contributed by atoms with Gasteiger partial charge in [0, 0.05) is 30.5 Å². The standard InChI is InChI=1S/C25H25N3O4S/c1-32-19-8-6-18(7-9-19)25(12-13-25)24(29)27-14-10-17(11-15-27)23-26-21(16-33-23)20-4-2-3-5-22(20)28(30)31/h2-9,16-17H,10-15H2,1H3. The quantitative estimate of drug-likeness (QED) is 0.372. The summed E-state index contributed by atoms with van der Waals surface area (Å²) in [6, 6.07) is 14.6. The van der Waals surface area contributed by atoms with Gasteiger partial charge >= 0.3 is 0 Å². The maximum Gasteiger partial charge on any atom is 0.278 e. The Morgan fingerprint density at radius 1 is 1.15 bits per heavy atom. The molecule has 8 heteroatoms. The van der Waals surface area contributed by atoms with E-state index >= 15 is 0 Å². The lowest BCUT2D eigenvalue weighted by molar-refractivity contribution is -0.384. The molecular formula is C25H25N3O4S. The van der Waals surface area contributed by atoms with Gasteiger partial charge in [0.2, 0.25) is 5.91 Å². The third-order valence-corrected chi connectivity index (χ3v) is 7.84. The van der Waals surface area contributed by atoms with Gasteiger partial charge in [0.05, 0.1) is 33.7 Å². The topological polar surface area (TPSA) is 85.6 Å². The monoisotopic (exact) mass is 463 g/mol. The van der Waals surface area contributed by atoms with E-state index in [0.717, 1.165) is 42.0 Å². The highest BCUT2D eigenvalue weighted by molar-refractivity contribution is 7.10. The van der Waals surface area contributed by atoms with Crippen LogP contribution in [0.1, 0.15) is 42.2 Å². The number of thiazole rings is 1. The van der Waals surface area contributed by atoms with E-state index in [1.54, 1.807) is 36.6 Å². The number of rotatable bonds is 6. The van der Waals surface area contributed by atoms with E-state index in [4.69, 9.17) is 9.72 Å². The fraction of sp³-hybridized carbons (Fsp3) is 0.360. The molecule has 7 nitrogen and oxygen atoms in total. The predicted octanol–water partition coefficient (Wildman–Crippen LogP) is 5.16. The highest BCUT2D eigenvalue weighted by Crippen LogP contribution is 2.50. The number of ether oxygens (including phenoxy) is 1. The number of carbonyl (C=O) groups excluding carboxylic acids is 1. The van der Waals surface area contributed by atoms with Crippen molar-refractivity contribution in [3.05, 3.63) is 74.6 Å². The molecule has 0 N–H and O–H groups in total. The Morgan fingerprint density at radius 2 is 1.85 bits per heavy atom. The molecule has 5 rings (SSSR count). The van der Waals surface area contributed by atoms with Crippen molar-refractivity contribution in [3.63, 3.8) is 0 Å². The van der Waals surface area contributed by atoms with Crippen LogP contribution >= 0.6 is 11.3 Å². The van der Waals surface area contributed by atoms with Gasteiger partial charge in [-0.1, -0.05) is 24.3 Å². The Balaban J connectivity index is 1.26. The Hall–Kier alpha value is -3.26. The summed E-state index contributed by atoms with van der Waals surface area (Å²) in [5.74, 6) is 1.30. The second-order valence-electron chi connectivity index (χ2n) is 8.72. The Morgan fingerprint density at radius 3 is 2.48 bits per heavy atom. The number of carbonyl (C=O) groups is 1. The van der Waals surface area contributed by atoms with E-state index in [-0.39, 0.29) is 27.9 Å². The van der Waals surface area contributed by atoms with E-state index in [9.17, 15) is 14.9 Å². The summed E-state index contributed by atoms with van der Waals surface area (Å²) in [6.07, 6.45) is 3.50. The van der Waals surface area contributed by atoms with Gasteiger partial charge in [-0.25, -0.2) is 4.98 Å². The number of nitro groups is 1. The molecule has 1 aliphatic heterocycles. The SMILES string of the molecule is COc1ccc(C2(C(=O)N3CCC(c4nc(-c5ccccc5[N+](=O)[O-])cs4)CC3)CC2)cc1. The highest BCUT2D eigenvalue weighted by Gasteiger charge is 2.53. The second kappa shape index (κ2) is 8.59. The maximum absolute atomic E-state index is 13.4. The molecule has 1 saturated carbocycles. The number of piperidine rings is 1. The number of para-hydroxylation sites is 1. The average Bonchev–Trinajstić information content (AvgIpc) is 3.53. The van der Waals surface area contributed by atoms with E-state index in [2.05, 4.69) is 0 Å². The van der Waals surface area contributed by atoms with Crippen molar-refractivity contribution in [1.82, 2.24) is 9.88 Å². The summed E-state index contributed by atoms with van der Waals surface area (Å²) in [5, 5.41) is 14.3. The van der Waals surface area contributed by atoms with E-state index in [1.807, 2.05) is 34.5 Å². The first kappa shape index (κ1) is 21.6. The Labute approximate surface area is 196 Å². The fourth-order valence-electron chi connectivity index (χ4n) is 4.74. The number of hydrogen-bond acceptors (Lipinski definition) is 6. The first-order chi connectivity index (χ1) is 16.0. The normalized spacial score (nSPS) is 17.5. The van der Waals surface area contributed by atoms with Crippen molar-refractivity contribution in [2.75, 3.05) is 20.2 Å². The van der Waals surface area contributed by atoms with Crippen LogP contribution in [0, 0.1) is 10.1 Å². The molecule has 2 aliphatic rings. The minimum Gasteiger partial charge on any atom is -0.497 e. The van der Waals surface area contributed by atoms with Crippen LogP contribution in [0.15, 0.2) is 53.9 Å². The molecule has 1 amide bonds. The summed E-state index contributed by atoms with van der Waals surface area (Å²) in [7, 11) is 1.64. The minimum absolute atomic E-state index is 0.0722. The van der Waals surface area contributed by atoms with E-state index in [0.29, 0.717) is 24.3 Å². The smallest absolute Gasteiger partial charge is 0.278 e. The van der Waals surface area contributed by atoms with E-state index < -0.39 is 0 Å². The average molecular weight is 464 g/mol. The highest BCUT2D eigenvalue weighted by atomic mass is 32.1. The molecule has 0 unspecified atom stereocenters. The Kier molecular flexibility index (Phi) is 5.62. The number of aromatic nitrogens is 1. The lowest BCUT2D eigenvalue weighted by Crippen LogP contribution is -2.43. The van der Waals surface area contributed by atoms with Crippen LogP contribution in [0.4, 0.5) is 5.69 Å². The zero-order valence-corrected chi connectivity index (χ0v) is 19.2. The van der Waals surface area contributed by atoms with Crippen LogP contribution in [0.3, 0.4) is 0 Å². The summed E-state index contributed by atoms with van der Waals surface area (Å²) in [4.78, 5) is 31.1. The van der Waals surface area contributed by atoms with Crippen LogP contribution in [0.5, 0.6) is 5.75 Å². The van der Waals surface area contributed by atoms with Gasteiger partial charge in [0.25, 0.3) is 5.69 Å². The van der Waals surface area contributed by atoms with Gasteiger partial charge in [-0.3, -0.25) is 14.9 Å². The van der Waals surface area contributed by atoms with Gasteiger partial charge < -0.3 is 9.64 Å². The first-order valence-electron chi connectivity index (χ1n) is 11.1. The fourth-order valence-corrected chi connectivity index (χ4v) is 5.73. The van der Waals surface area contributed by atoms with Crippen LogP contribution in [0.25, 0.3) is 11.3 Å². The summed E-state index contributed by atoms with van der Waals surface area (Å²) < 4.78 is 5.25. The van der Waals surface area contributed by atoms with E-state index in [1.165, 1.54) is 6.07 Å². The maximum atomic E-state index is 13.4. The van der Waals surface area contributed by atoms with Crippen molar-refractivity contribution in [2.45, 2.75) is 37.0 Å². The molecule has 3 aromatic rings. The van der Waals surface area contributed by atoms with Crippen LogP contribution < -0.4 is 4.74 Å². The molecule has 2 aromatic carbocycles. The molecule has 170 valence electrons. The third kappa shape index (κ3) is 3.99. The number of amides is 1. The van der Waals surface area contributed by atoms with Gasteiger partial charge in [-0.2, -0.15) is 0 Å². The molecule has 1 aromatic heterocycles. The number of methoxy groups -OCH3 is 1. The number of nitrogens with zero attached hydrogens (tertiary/aromatic N) is 3. The number of likely N-dealkylation sites (tertiary alicyclic amines) is 1. The molecular weight excluding hydrogens is 438 g/mol. The lowest BCUT2D eigenvalue weighted by atomic mass is 9.91. The predicted molar refractivity (Wildman–Crippen MR) is 127 cm³/mol. The van der Waals surface area contributed by atoms with Crippen LogP contribution in [-0.2, 0) is 10.2 Å². The molecule has 0 radical (unpaired) electrons. The molecule has 0 bridgehead atoms. The summed E-state index contributed by atoms with van der Waals surface area (Å²) in [5.41, 5.74) is 1.97. The molecule has 1 saturated heterocycles. The van der Waals surface area contributed by atoms with Gasteiger partial charge in [-0.15, -0.1) is 11.3 Å². The minimum atomic E-state index is -0.375. The first-order valence-corrected chi connectivity index (χ1v) is 12.0. The van der Waals surface area contributed by atoms with Crippen molar-refractivity contribution in [2.24, 2.45) is 0 Å². The van der Waals surface area contributed by atoms with Crippen LogP contribution in [-0.4, -0.2) is 40.9 Å². The van der Waals surface area contributed by atoms with Crippen molar-refractivity contribution < 1.29 is 14.5 Å². The van der Waals surface area contributed by atoms with Crippen LogP contribution in [0.2, 0.25) is 0 Å². The zero-order chi connectivity index (χ0) is 23.0. The molecule has 1 aliphatic carbocycles. The van der Waals surface area contributed by atoms with Gasteiger partial charge in [-0.05, 0) is 49.4 Å². The largest absolute Gasteiger partial charge is 0.497 e. The van der Waals surface area contributed by atoms with Crippen molar-refractivity contribution >= 4 is 22.9 Å². The number of hydrogen-bond donors (Lipinski definition) is 0. The van der Waals surface area contributed by atoms with Crippen molar-refractivity contribution in [1.29, 1.82) is 0 Å². The second-order valence-corrected chi connectivity index (χ2v) is 9.61. The zero-order valence-electron chi connectivity index (χ0n) is 18.4. The molecule has 0 atom stereocenters. The molecule has 33 heavy (non-hydrogen) atoms. The summed E-state index contributed by atoms with van der Waals surface area (Å²) >= 11 is 1.55. The third-order valence-electron chi connectivity index (χ3n) is 6.83. The summed E-state index contributed by atoms with van der Waals surface area (Å²) in [6.45, 7) is 1.42. The number of nitro benzene ring substituents is 1. The molecule has 0 spiro atoms. The number of benzene rings is 2. The van der Waals surface area contributed by atoms with Crippen molar-refractivity contribution in [3.8, 4) is 17.0 Å². The van der Waals surface area contributed by atoms with Gasteiger partial charge in [0.15, 0.2) is 0 Å². The lowest BCUT2D eigenvalue weighted by Gasteiger charge is -2.34.